The van der Waals surface area contributed by atoms with Crippen molar-refractivity contribution in [1.29, 1.82) is 0 Å². The van der Waals surface area contributed by atoms with Gasteiger partial charge in [-0.25, -0.2) is 4.79 Å². The summed E-state index contributed by atoms with van der Waals surface area (Å²) in [4.78, 5) is 10.6. The third-order valence-electron chi connectivity index (χ3n) is 1.19. The van der Waals surface area contributed by atoms with Crippen LogP contribution in [-0.2, 0) is 9.53 Å². The highest BCUT2D eigenvalue weighted by Gasteiger charge is 2.10. The second kappa shape index (κ2) is 3.39. The Kier molecular flexibility index (Phi) is 2.49. The molecule has 0 saturated heterocycles. The molecule has 0 aromatic heterocycles. The first kappa shape index (κ1) is 8.08. The Balaban J connectivity index is 2.47. The molecule has 1 aliphatic carbocycles. The molecule has 1 aliphatic rings. The van der Waals surface area contributed by atoms with Gasteiger partial charge >= 0.3 is 5.97 Å². The number of halogens is 1. The smallest absolute Gasteiger partial charge is 0.331 e. The van der Waals surface area contributed by atoms with E-state index in [-0.39, 0.29) is 6.10 Å². The summed E-state index contributed by atoms with van der Waals surface area (Å²) in [5.74, 6) is -0.442. The monoisotopic (exact) mass is 170 g/mol. The minimum absolute atomic E-state index is 0.326. The molecule has 0 aromatic rings. The molecule has 0 spiro atoms. The molecule has 0 radical (unpaired) electrons. The first-order valence-electron chi connectivity index (χ1n) is 3.11. The molecule has 0 amide bonds. The second-order valence-corrected chi connectivity index (χ2v) is 2.45. The Hall–Kier alpha value is -1.02. The maximum absolute atomic E-state index is 10.6. The van der Waals surface area contributed by atoms with E-state index in [2.05, 4.69) is 6.58 Å². The minimum atomic E-state index is -0.442. The van der Waals surface area contributed by atoms with E-state index < -0.39 is 5.97 Å². The van der Waals surface area contributed by atoms with E-state index in [1.807, 2.05) is 0 Å². The van der Waals surface area contributed by atoms with E-state index in [0.29, 0.717) is 5.03 Å². The van der Waals surface area contributed by atoms with E-state index in [0.717, 1.165) is 6.08 Å². The van der Waals surface area contributed by atoms with Gasteiger partial charge in [0.1, 0.15) is 6.10 Å². The molecule has 58 valence electrons. The first-order chi connectivity index (χ1) is 5.22. The Morgan fingerprint density at radius 3 is 3.00 bits per heavy atom. The standard InChI is InChI=1S/C8H7ClO2/c1-2-8(10)11-7-4-3-6(9)5-7/h2-5,7H,1H2. The van der Waals surface area contributed by atoms with Crippen molar-refractivity contribution < 1.29 is 9.53 Å². The lowest BCUT2D eigenvalue weighted by atomic mass is 10.4. The van der Waals surface area contributed by atoms with Crippen LogP contribution < -0.4 is 0 Å². The summed E-state index contributed by atoms with van der Waals surface area (Å²) < 4.78 is 4.83. The van der Waals surface area contributed by atoms with Crippen LogP contribution in [0.15, 0.2) is 35.9 Å². The zero-order valence-corrected chi connectivity index (χ0v) is 6.54. The lowest BCUT2D eigenvalue weighted by Gasteiger charge is -2.03. The molecule has 3 heteroatoms. The molecule has 0 heterocycles. The van der Waals surface area contributed by atoms with Gasteiger partial charge in [-0.3, -0.25) is 0 Å². The average molecular weight is 171 g/mol. The van der Waals surface area contributed by atoms with Crippen molar-refractivity contribution in [2.75, 3.05) is 0 Å². The lowest BCUT2D eigenvalue weighted by Crippen LogP contribution is -2.09. The normalized spacial score (nSPS) is 21.2. The molecule has 1 rings (SSSR count). The van der Waals surface area contributed by atoms with Crippen LogP contribution >= 0.6 is 11.6 Å². The number of hydrogen-bond acceptors (Lipinski definition) is 2. The van der Waals surface area contributed by atoms with Crippen LogP contribution in [0, 0.1) is 0 Å². The molecule has 0 saturated carbocycles. The number of carbonyl (C=O) groups is 1. The Bertz CT molecular complexity index is 240. The van der Waals surface area contributed by atoms with Crippen LogP contribution in [0.1, 0.15) is 0 Å². The van der Waals surface area contributed by atoms with E-state index in [1.165, 1.54) is 0 Å². The van der Waals surface area contributed by atoms with Crippen molar-refractivity contribution >= 4 is 17.6 Å². The van der Waals surface area contributed by atoms with Crippen molar-refractivity contribution in [2.45, 2.75) is 6.10 Å². The summed E-state index contributed by atoms with van der Waals surface area (Å²) in [6.45, 7) is 3.27. The van der Waals surface area contributed by atoms with Gasteiger partial charge < -0.3 is 4.74 Å². The molecular formula is C8H7ClO2. The molecule has 0 N–H and O–H groups in total. The largest absolute Gasteiger partial charge is 0.451 e. The van der Waals surface area contributed by atoms with Crippen LogP contribution in [0.25, 0.3) is 0 Å². The number of esters is 1. The lowest BCUT2D eigenvalue weighted by molar-refractivity contribution is -0.139. The van der Waals surface area contributed by atoms with Gasteiger partial charge in [-0.15, -0.1) is 0 Å². The molecule has 0 fully saturated rings. The highest BCUT2D eigenvalue weighted by molar-refractivity contribution is 6.31. The van der Waals surface area contributed by atoms with E-state index in [1.54, 1.807) is 18.2 Å². The molecule has 0 bridgehead atoms. The van der Waals surface area contributed by atoms with Gasteiger partial charge in [0.25, 0.3) is 0 Å². The summed E-state index contributed by atoms with van der Waals surface area (Å²) in [7, 11) is 0. The molecule has 0 aromatic carbocycles. The van der Waals surface area contributed by atoms with Crippen LogP contribution in [0.3, 0.4) is 0 Å². The predicted octanol–water partition coefficient (Wildman–Crippen LogP) is 1.78. The summed E-state index contributed by atoms with van der Waals surface area (Å²) in [6.07, 6.45) is 5.82. The van der Waals surface area contributed by atoms with Crippen molar-refractivity contribution in [3.8, 4) is 0 Å². The molecule has 11 heavy (non-hydrogen) atoms. The molecular weight excluding hydrogens is 164 g/mol. The second-order valence-electron chi connectivity index (χ2n) is 2.02. The number of ether oxygens (including phenoxy) is 1. The van der Waals surface area contributed by atoms with Crippen LogP contribution in [0.4, 0.5) is 0 Å². The Morgan fingerprint density at radius 2 is 2.55 bits per heavy atom. The van der Waals surface area contributed by atoms with Gasteiger partial charge in [0, 0.05) is 11.1 Å². The molecule has 1 unspecified atom stereocenters. The van der Waals surface area contributed by atoms with Crippen LogP contribution in [0.5, 0.6) is 0 Å². The van der Waals surface area contributed by atoms with Crippen LogP contribution in [-0.4, -0.2) is 12.1 Å². The zero-order valence-electron chi connectivity index (χ0n) is 5.79. The van der Waals surface area contributed by atoms with E-state index in [9.17, 15) is 4.79 Å². The third-order valence-corrected chi connectivity index (χ3v) is 1.44. The molecule has 1 atom stereocenters. The number of allylic oxidation sites excluding steroid dienone is 2. The van der Waals surface area contributed by atoms with Gasteiger partial charge in [-0.2, -0.15) is 0 Å². The van der Waals surface area contributed by atoms with Crippen molar-refractivity contribution in [2.24, 2.45) is 0 Å². The fraction of sp³-hybridized carbons (Fsp3) is 0.125. The minimum Gasteiger partial charge on any atom is -0.451 e. The summed E-state index contributed by atoms with van der Waals surface area (Å²) in [5.41, 5.74) is 0. The van der Waals surface area contributed by atoms with E-state index >= 15 is 0 Å². The number of hydrogen-bond donors (Lipinski definition) is 0. The number of carbonyl (C=O) groups excluding carboxylic acids is 1. The van der Waals surface area contributed by atoms with Crippen molar-refractivity contribution in [3.05, 3.63) is 35.9 Å². The van der Waals surface area contributed by atoms with Gasteiger partial charge in [0.05, 0.1) is 0 Å². The first-order valence-corrected chi connectivity index (χ1v) is 3.49. The van der Waals surface area contributed by atoms with Gasteiger partial charge in [0.2, 0.25) is 0 Å². The fourth-order valence-corrected chi connectivity index (χ4v) is 0.907. The van der Waals surface area contributed by atoms with Gasteiger partial charge in [-0.05, 0) is 18.2 Å². The maximum atomic E-state index is 10.6. The summed E-state index contributed by atoms with van der Waals surface area (Å²) in [5, 5.41) is 0.590. The highest BCUT2D eigenvalue weighted by Crippen LogP contribution is 2.15. The van der Waals surface area contributed by atoms with Crippen molar-refractivity contribution in [3.63, 3.8) is 0 Å². The summed E-state index contributed by atoms with van der Waals surface area (Å²) in [6, 6.07) is 0. The zero-order chi connectivity index (χ0) is 8.27. The van der Waals surface area contributed by atoms with Gasteiger partial charge in [0.15, 0.2) is 0 Å². The third kappa shape index (κ3) is 2.24. The van der Waals surface area contributed by atoms with Crippen LogP contribution in [0.2, 0.25) is 0 Å². The summed E-state index contributed by atoms with van der Waals surface area (Å²) >= 11 is 5.59. The Labute approximate surface area is 69.8 Å². The number of rotatable bonds is 2. The highest BCUT2D eigenvalue weighted by atomic mass is 35.5. The Morgan fingerprint density at radius 1 is 1.82 bits per heavy atom. The maximum Gasteiger partial charge on any atom is 0.331 e. The quantitative estimate of drug-likeness (QED) is 0.467. The van der Waals surface area contributed by atoms with Gasteiger partial charge in [-0.1, -0.05) is 18.2 Å². The SMILES string of the molecule is C=CC(=O)OC1C=CC(Cl)=C1. The average Bonchev–Trinajstić information content (AvgIpc) is 2.35. The van der Waals surface area contributed by atoms with Crippen molar-refractivity contribution in [1.82, 2.24) is 0 Å². The fourth-order valence-electron chi connectivity index (χ4n) is 0.710. The van der Waals surface area contributed by atoms with E-state index in [4.69, 9.17) is 16.3 Å². The molecule has 0 aliphatic heterocycles. The topological polar surface area (TPSA) is 26.3 Å². The predicted molar refractivity (Wildman–Crippen MR) is 43.2 cm³/mol. The molecule has 2 nitrogen and oxygen atoms in total.